The lowest BCUT2D eigenvalue weighted by molar-refractivity contribution is 0.674. The maximum Gasteiger partial charge on any atom is 0.0579 e. The zero-order chi connectivity index (χ0) is 10.9. The lowest BCUT2D eigenvalue weighted by atomic mass is 10.1. The summed E-state index contributed by atoms with van der Waals surface area (Å²) in [6.07, 6.45) is 0.993. The Kier molecular flexibility index (Phi) is 5.58. The van der Waals surface area contributed by atoms with Gasteiger partial charge in [0, 0.05) is 13.0 Å². The zero-order valence-corrected chi connectivity index (χ0v) is 9.59. The smallest absolute Gasteiger partial charge is 0.0579 e. The molecule has 0 unspecified atom stereocenters. The molecule has 1 aromatic carbocycles. The molecule has 15 heavy (non-hydrogen) atoms. The van der Waals surface area contributed by atoms with E-state index in [1.807, 2.05) is 6.07 Å². The van der Waals surface area contributed by atoms with Gasteiger partial charge in [0.25, 0.3) is 0 Å². The third-order valence-electron chi connectivity index (χ3n) is 2.02. The molecule has 1 heteroatoms. The lowest BCUT2D eigenvalue weighted by Gasteiger charge is -1.99. The van der Waals surface area contributed by atoms with E-state index in [-0.39, 0.29) is 0 Å². The second-order valence-corrected chi connectivity index (χ2v) is 4.04. The van der Waals surface area contributed by atoms with Crippen molar-refractivity contribution in [2.75, 3.05) is 6.54 Å². The van der Waals surface area contributed by atoms with Gasteiger partial charge in [0.15, 0.2) is 0 Å². The summed E-state index contributed by atoms with van der Waals surface area (Å²) in [5.41, 5.74) is 1.31. The summed E-state index contributed by atoms with van der Waals surface area (Å²) in [7, 11) is 0. The SMILES string of the molecule is CC(C)CC#CCNCc1ccccc1. The predicted octanol–water partition coefficient (Wildman–Crippen LogP) is 2.83. The Balaban J connectivity index is 2.14. The summed E-state index contributed by atoms with van der Waals surface area (Å²) in [5.74, 6) is 6.96. The van der Waals surface area contributed by atoms with Crippen molar-refractivity contribution in [2.24, 2.45) is 5.92 Å². The Morgan fingerprint density at radius 1 is 1.13 bits per heavy atom. The highest BCUT2D eigenvalue weighted by molar-refractivity contribution is 5.14. The lowest BCUT2D eigenvalue weighted by Crippen LogP contribution is -2.12. The second-order valence-electron chi connectivity index (χ2n) is 4.04. The van der Waals surface area contributed by atoms with Gasteiger partial charge in [-0.2, -0.15) is 0 Å². The van der Waals surface area contributed by atoms with Crippen molar-refractivity contribution in [2.45, 2.75) is 26.8 Å². The Bertz CT molecular complexity index is 316. The van der Waals surface area contributed by atoms with Crippen LogP contribution in [0.15, 0.2) is 30.3 Å². The van der Waals surface area contributed by atoms with Gasteiger partial charge in [-0.3, -0.25) is 0 Å². The average molecular weight is 201 g/mol. The molecule has 0 fully saturated rings. The van der Waals surface area contributed by atoms with Crippen LogP contribution in [0, 0.1) is 17.8 Å². The van der Waals surface area contributed by atoms with Gasteiger partial charge in [-0.25, -0.2) is 0 Å². The standard InChI is InChI=1S/C14H19N/c1-13(2)8-6-7-11-15-12-14-9-4-3-5-10-14/h3-5,9-10,13,15H,8,11-12H2,1-2H3. The number of hydrogen-bond donors (Lipinski definition) is 1. The molecule has 0 radical (unpaired) electrons. The normalized spacial score (nSPS) is 9.80. The van der Waals surface area contributed by atoms with E-state index in [2.05, 4.69) is 55.3 Å². The molecule has 0 atom stereocenters. The quantitative estimate of drug-likeness (QED) is 0.583. The Morgan fingerprint density at radius 3 is 2.53 bits per heavy atom. The van der Waals surface area contributed by atoms with Gasteiger partial charge in [-0.05, 0) is 11.5 Å². The van der Waals surface area contributed by atoms with Crippen LogP contribution < -0.4 is 5.32 Å². The van der Waals surface area contributed by atoms with Crippen LogP contribution in [-0.4, -0.2) is 6.54 Å². The summed E-state index contributed by atoms with van der Waals surface area (Å²) < 4.78 is 0. The molecular weight excluding hydrogens is 182 g/mol. The molecule has 0 saturated heterocycles. The minimum atomic E-state index is 0.673. The second kappa shape index (κ2) is 7.09. The van der Waals surface area contributed by atoms with Crippen molar-refractivity contribution in [3.05, 3.63) is 35.9 Å². The fourth-order valence-electron chi connectivity index (χ4n) is 1.20. The molecule has 1 aromatic rings. The van der Waals surface area contributed by atoms with Gasteiger partial charge >= 0.3 is 0 Å². The van der Waals surface area contributed by atoms with Gasteiger partial charge in [0.05, 0.1) is 6.54 Å². The molecule has 0 saturated carbocycles. The monoisotopic (exact) mass is 201 g/mol. The van der Waals surface area contributed by atoms with Crippen LogP contribution in [0.2, 0.25) is 0 Å². The molecule has 0 heterocycles. The molecule has 1 N–H and O–H groups in total. The molecule has 0 aliphatic heterocycles. The third kappa shape index (κ3) is 5.93. The molecule has 0 spiro atoms. The van der Waals surface area contributed by atoms with E-state index in [1.165, 1.54) is 5.56 Å². The fourth-order valence-corrected chi connectivity index (χ4v) is 1.20. The molecule has 1 nitrogen and oxygen atoms in total. The summed E-state index contributed by atoms with van der Waals surface area (Å²) in [6, 6.07) is 10.4. The van der Waals surface area contributed by atoms with Crippen molar-refractivity contribution < 1.29 is 0 Å². The number of nitrogens with one attached hydrogen (secondary N) is 1. The summed E-state index contributed by atoms with van der Waals surface area (Å²) >= 11 is 0. The van der Waals surface area contributed by atoms with Gasteiger partial charge in [0.1, 0.15) is 0 Å². The molecule has 0 aromatic heterocycles. The first-order chi connectivity index (χ1) is 7.29. The molecule has 0 aliphatic rings. The van der Waals surface area contributed by atoms with Crippen LogP contribution in [0.5, 0.6) is 0 Å². The number of benzene rings is 1. The maximum atomic E-state index is 3.30. The highest BCUT2D eigenvalue weighted by Gasteiger charge is 1.88. The summed E-state index contributed by atoms with van der Waals surface area (Å²) in [6.45, 7) is 6.05. The molecule has 0 aliphatic carbocycles. The highest BCUT2D eigenvalue weighted by atomic mass is 14.8. The first-order valence-electron chi connectivity index (χ1n) is 5.49. The van der Waals surface area contributed by atoms with E-state index in [4.69, 9.17) is 0 Å². The van der Waals surface area contributed by atoms with E-state index in [9.17, 15) is 0 Å². The van der Waals surface area contributed by atoms with Crippen LogP contribution >= 0.6 is 0 Å². The largest absolute Gasteiger partial charge is 0.302 e. The van der Waals surface area contributed by atoms with Gasteiger partial charge in [-0.15, -0.1) is 5.92 Å². The first kappa shape index (κ1) is 11.8. The average Bonchev–Trinajstić information content (AvgIpc) is 2.24. The predicted molar refractivity (Wildman–Crippen MR) is 65.4 cm³/mol. The van der Waals surface area contributed by atoms with E-state index in [1.54, 1.807) is 0 Å². The van der Waals surface area contributed by atoms with E-state index < -0.39 is 0 Å². The van der Waals surface area contributed by atoms with E-state index in [0.717, 1.165) is 19.5 Å². The van der Waals surface area contributed by atoms with E-state index >= 15 is 0 Å². The van der Waals surface area contributed by atoms with Crippen LogP contribution in [0.1, 0.15) is 25.8 Å². The molecule has 80 valence electrons. The van der Waals surface area contributed by atoms with Crippen LogP contribution in [0.3, 0.4) is 0 Å². The first-order valence-corrected chi connectivity index (χ1v) is 5.49. The van der Waals surface area contributed by atoms with Crippen molar-refractivity contribution in [1.82, 2.24) is 5.32 Å². The molecular formula is C14H19N. The zero-order valence-electron chi connectivity index (χ0n) is 9.59. The van der Waals surface area contributed by atoms with Gasteiger partial charge < -0.3 is 5.32 Å². The molecule has 0 amide bonds. The Morgan fingerprint density at radius 2 is 1.87 bits per heavy atom. The Labute approximate surface area is 92.9 Å². The number of hydrogen-bond acceptors (Lipinski definition) is 1. The highest BCUT2D eigenvalue weighted by Crippen LogP contribution is 1.97. The van der Waals surface area contributed by atoms with Crippen LogP contribution in [0.25, 0.3) is 0 Å². The van der Waals surface area contributed by atoms with Crippen LogP contribution in [0.4, 0.5) is 0 Å². The van der Waals surface area contributed by atoms with E-state index in [0.29, 0.717) is 5.92 Å². The fraction of sp³-hybridized carbons (Fsp3) is 0.429. The van der Waals surface area contributed by atoms with Crippen molar-refractivity contribution >= 4 is 0 Å². The summed E-state index contributed by atoms with van der Waals surface area (Å²) in [4.78, 5) is 0. The molecule has 0 bridgehead atoms. The van der Waals surface area contributed by atoms with Crippen molar-refractivity contribution in [1.29, 1.82) is 0 Å². The van der Waals surface area contributed by atoms with Crippen molar-refractivity contribution in [3.8, 4) is 11.8 Å². The summed E-state index contributed by atoms with van der Waals surface area (Å²) in [5, 5.41) is 3.30. The van der Waals surface area contributed by atoms with Gasteiger partial charge in [-0.1, -0.05) is 50.1 Å². The van der Waals surface area contributed by atoms with Crippen LogP contribution in [-0.2, 0) is 6.54 Å². The van der Waals surface area contributed by atoms with Crippen molar-refractivity contribution in [3.63, 3.8) is 0 Å². The molecule has 1 rings (SSSR count). The number of rotatable bonds is 4. The van der Waals surface area contributed by atoms with Gasteiger partial charge in [0.2, 0.25) is 0 Å². The minimum Gasteiger partial charge on any atom is -0.302 e. The third-order valence-corrected chi connectivity index (χ3v) is 2.02. The topological polar surface area (TPSA) is 12.0 Å². The Hall–Kier alpha value is -1.26. The minimum absolute atomic E-state index is 0.673. The maximum absolute atomic E-state index is 3.30.